The molecule has 2 aliphatic carbocycles. The van der Waals surface area contributed by atoms with E-state index in [1.165, 1.54) is 38.5 Å². The average molecular weight is 390 g/mol. The second kappa shape index (κ2) is 8.23. The molecule has 142 valence electrons. The van der Waals surface area contributed by atoms with Crippen LogP contribution in [-0.4, -0.2) is 44.7 Å². The minimum absolute atomic E-state index is 0. The molecular formula is C17H29Cl2N5O. The Hall–Kier alpha value is -0.850. The number of likely N-dealkylation sites (N-methyl/N-ethyl adjacent to an activating group) is 1. The highest BCUT2D eigenvalue weighted by atomic mass is 35.5. The lowest BCUT2D eigenvalue weighted by Crippen LogP contribution is -2.44. The van der Waals surface area contributed by atoms with Gasteiger partial charge in [0.1, 0.15) is 5.82 Å². The van der Waals surface area contributed by atoms with E-state index in [4.69, 9.17) is 0 Å². The Morgan fingerprint density at radius 2 is 1.92 bits per heavy atom. The smallest absolute Gasteiger partial charge is 0.239 e. The van der Waals surface area contributed by atoms with Crippen molar-refractivity contribution in [3.8, 4) is 0 Å². The fourth-order valence-electron chi connectivity index (χ4n) is 4.28. The largest absolute Gasteiger partial charge is 0.337 e. The lowest BCUT2D eigenvalue weighted by Gasteiger charge is -2.24. The zero-order valence-corrected chi connectivity index (χ0v) is 16.6. The van der Waals surface area contributed by atoms with E-state index in [0.717, 1.165) is 18.1 Å². The molecule has 0 aromatic carbocycles. The Morgan fingerprint density at radius 3 is 2.60 bits per heavy atom. The quantitative estimate of drug-likeness (QED) is 0.858. The lowest BCUT2D eigenvalue weighted by atomic mass is 9.85. The van der Waals surface area contributed by atoms with E-state index in [0.29, 0.717) is 24.4 Å². The number of nitrogens with zero attached hydrogens (tertiary/aromatic N) is 4. The third kappa shape index (κ3) is 4.12. The molecule has 3 atom stereocenters. The molecule has 2 heterocycles. The van der Waals surface area contributed by atoms with Crippen molar-refractivity contribution in [1.82, 2.24) is 25.0 Å². The van der Waals surface area contributed by atoms with E-state index >= 15 is 0 Å². The summed E-state index contributed by atoms with van der Waals surface area (Å²) in [4.78, 5) is 14.6. The monoisotopic (exact) mass is 389 g/mol. The van der Waals surface area contributed by atoms with Crippen LogP contribution in [0.15, 0.2) is 0 Å². The van der Waals surface area contributed by atoms with Crippen LogP contribution < -0.4 is 5.32 Å². The second-order valence-electron chi connectivity index (χ2n) is 7.61. The molecule has 4 rings (SSSR count). The maximum absolute atomic E-state index is 12.8. The van der Waals surface area contributed by atoms with Gasteiger partial charge in [0.05, 0.1) is 12.6 Å². The van der Waals surface area contributed by atoms with E-state index in [9.17, 15) is 4.79 Å². The van der Waals surface area contributed by atoms with Crippen LogP contribution in [0.25, 0.3) is 0 Å². The summed E-state index contributed by atoms with van der Waals surface area (Å²) in [5.41, 5.74) is 0. The molecular weight excluding hydrogens is 361 g/mol. The summed E-state index contributed by atoms with van der Waals surface area (Å²) in [6.45, 7) is 0.544. The number of halogens is 2. The normalized spacial score (nSPS) is 27.8. The minimum Gasteiger partial charge on any atom is -0.337 e. The average Bonchev–Trinajstić information content (AvgIpc) is 3.20. The van der Waals surface area contributed by atoms with Gasteiger partial charge >= 0.3 is 0 Å². The first-order valence-electron chi connectivity index (χ1n) is 9.02. The van der Waals surface area contributed by atoms with Crippen molar-refractivity contribution in [1.29, 1.82) is 0 Å². The summed E-state index contributed by atoms with van der Waals surface area (Å²) in [7, 11) is 3.90. The van der Waals surface area contributed by atoms with E-state index in [2.05, 4.69) is 20.1 Å². The van der Waals surface area contributed by atoms with Gasteiger partial charge in [-0.2, -0.15) is 0 Å². The van der Waals surface area contributed by atoms with E-state index in [-0.39, 0.29) is 36.8 Å². The standard InChI is InChI=1S/C17H27N5O.2ClH/c1-21(10-15-19-20-16(22(15)2)11-7-8-11)17(23)14-9-12-5-3-4-6-13(12)18-14;;/h11-14,18H,3-10H2,1-2H3;2*1H. The molecule has 8 heteroatoms. The van der Waals surface area contributed by atoms with Crippen molar-refractivity contribution in [3.63, 3.8) is 0 Å². The Balaban J connectivity index is 0.00000113. The molecule has 1 aliphatic heterocycles. The fraction of sp³-hybridized carbons (Fsp3) is 0.824. The minimum atomic E-state index is -0.00997. The molecule has 3 aliphatic rings. The van der Waals surface area contributed by atoms with Crippen LogP contribution >= 0.6 is 24.8 Å². The number of fused-ring (bicyclic) bond motifs is 1. The van der Waals surface area contributed by atoms with Crippen LogP contribution in [0, 0.1) is 5.92 Å². The van der Waals surface area contributed by atoms with Gasteiger partial charge in [-0.15, -0.1) is 35.0 Å². The predicted octanol–water partition coefficient (Wildman–Crippen LogP) is 2.42. The van der Waals surface area contributed by atoms with E-state index in [1.54, 1.807) is 0 Å². The van der Waals surface area contributed by atoms with Crippen LogP contribution in [0.3, 0.4) is 0 Å². The SMILES string of the molecule is CN(Cc1nnc(C2CC2)n1C)C(=O)C1CC2CCCCC2N1.Cl.Cl. The summed E-state index contributed by atoms with van der Waals surface area (Å²) < 4.78 is 2.07. The van der Waals surface area contributed by atoms with Crippen LogP contribution in [0.5, 0.6) is 0 Å². The molecule has 1 aromatic heterocycles. The maximum Gasteiger partial charge on any atom is 0.239 e. The summed E-state index contributed by atoms with van der Waals surface area (Å²) in [6, 6.07) is 0.548. The molecule has 25 heavy (non-hydrogen) atoms. The van der Waals surface area contributed by atoms with Crippen molar-refractivity contribution in [2.45, 2.75) is 69.5 Å². The molecule has 1 saturated heterocycles. The molecule has 0 bridgehead atoms. The summed E-state index contributed by atoms with van der Waals surface area (Å²) in [6.07, 6.45) is 8.56. The molecule has 3 fully saturated rings. The Labute approximate surface area is 161 Å². The first-order chi connectivity index (χ1) is 11.1. The van der Waals surface area contributed by atoms with Gasteiger partial charge in [0.25, 0.3) is 0 Å². The molecule has 2 saturated carbocycles. The summed E-state index contributed by atoms with van der Waals surface area (Å²) in [5.74, 6) is 3.45. The Morgan fingerprint density at radius 1 is 1.20 bits per heavy atom. The summed E-state index contributed by atoms with van der Waals surface area (Å²) >= 11 is 0. The first kappa shape index (κ1) is 20.5. The number of hydrogen-bond acceptors (Lipinski definition) is 4. The zero-order chi connectivity index (χ0) is 16.0. The van der Waals surface area contributed by atoms with Crippen LogP contribution in [0.4, 0.5) is 0 Å². The third-order valence-corrected chi connectivity index (χ3v) is 5.86. The van der Waals surface area contributed by atoms with Crippen molar-refractivity contribution >= 4 is 30.7 Å². The van der Waals surface area contributed by atoms with Crippen LogP contribution in [-0.2, 0) is 18.4 Å². The number of amides is 1. The highest BCUT2D eigenvalue weighted by Gasteiger charge is 2.39. The molecule has 3 unspecified atom stereocenters. The molecule has 1 N–H and O–H groups in total. The van der Waals surface area contributed by atoms with Crippen molar-refractivity contribution < 1.29 is 4.79 Å². The van der Waals surface area contributed by atoms with Gasteiger partial charge in [-0.05, 0) is 38.0 Å². The third-order valence-electron chi connectivity index (χ3n) is 5.86. The Kier molecular flexibility index (Phi) is 6.74. The number of hydrogen-bond donors (Lipinski definition) is 1. The first-order valence-corrected chi connectivity index (χ1v) is 9.02. The molecule has 0 spiro atoms. The topological polar surface area (TPSA) is 63.1 Å². The zero-order valence-electron chi connectivity index (χ0n) is 15.0. The van der Waals surface area contributed by atoms with Gasteiger partial charge in [0.2, 0.25) is 5.91 Å². The van der Waals surface area contributed by atoms with Crippen molar-refractivity contribution in [2.75, 3.05) is 7.05 Å². The number of nitrogens with one attached hydrogen (secondary N) is 1. The van der Waals surface area contributed by atoms with Gasteiger partial charge in [-0.25, -0.2) is 0 Å². The highest BCUT2D eigenvalue weighted by molar-refractivity contribution is 5.85. The van der Waals surface area contributed by atoms with Crippen LogP contribution in [0.2, 0.25) is 0 Å². The highest BCUT2D eigenvalue weighted by Crippen LogP contribution is 2.39. The van der Waals surface area contributed by atoms with Crippen LogP contribution in [0.1, 0.15) is 62.5 Å². The van der Waals surface area contributed by atoms with Crippen molar-refractivity contribution in [3.05, 3.63) is 11.6 Å². The second-order valence-corrected chi connectivity index (χ2v) is 7.61. The van der Waals surface area contributed by atoms with Gasteiger partial charge in [-0.3, -0.25) is 4.79 Å². The van der Waals surface area contributed by atoms with Gasteiger partial charge in [0, 0.05) is 26.1 Å². The lowest BCUT2D eigenvalue weighted by molar-refractivity contribution is -0.132. The van der Waals surface area contributed by atoms with Gasteiger partial charge in [-0.1, -0.05) is 12.8 Å². The molecule has 0 radical (unpaired) electrons. The number of aromatic nitrogens is 3. The number of rotatable bonds is 4. The summed E-state index contributed by atoms with van der Waals surface area (Å²) in [5, 5.41) is 12.2. The van der Waals surface area contributed by atoms with E-state index < -0.39 is 0 Å². The van der Waals surface area contributed by atoms with E-state index in [1.807, 2.05) is 19.0 Å². The maximum atomic E-state index is 12.8. The predicted molar refractivity (Wildman–Crippen MR) is 101 cm³/mol. The van der Waals surface area contributed by atoms with Gasteiger partial charge in [0.15, 0.2) is 5.82 Å². The number of carbonyl (C=O) groups excluding carboxylic acids is 1. The van der Waals surface area contributed by atoms with Crippen molar-refractivity contribution in [2.24, 2.45) is 13.0 Å². The Bertz CT molecular complexity index is 590. The molecule has 6 nitrogen and oxygen atoms in total. The molecule has 1 amide bonds. The number of carbonyl (C=O) groups is 1. The molecule has 1 aromatic rings. The fourth-order valence-corrected chi connectivity index (χ4v) is 4.28. The van der Waals surface area contributed by atoms with Gasteiger partial charge < -0.3 is 14.8 Å².